The molecule has 2 N–H and O–H groups in total. The normalized spacial score (nSPS) is 33.2. The van der Waals surface area contributed by atoms with Gasteiger partial charge in [0.25, 0.3) is 0 Å². The van der Waals surface area contributed by atoms with Crippen molar-refractivity contribution in [1.29, 1.82) is 0 Å². The number of nitrogens with zero attached hydrogens (tertiary/aromatic N) is 1. The maximum atomic E-state index is 10.6. The molecule has 0 aromatic rings. The Bertz CT molecular complexity index is 507. The molecule has 24 heavy (non-hydrogen) atoms. The van der Waals surface area contributed by atoms with Crippen LogP contribution in [0.5, 0.6) is 0 Å². The maximum absolute atomic E-state index is 10.6. The van der Waals surface area contributed by atoms with Crippen molar-refractivity contribution in [1.82, 2.24) is 5.32 Å². The van der Waals surface area contributed by atoms with E-state index in [1.165, 1.54) is 25.2 Å². The highest BCUT2D eigenvalue weighted by Crippen LogP contribution is 2.54. The number of piperidine rings is 1. The summed E-state index contributed by atoms with van der Waals surface area (Å²) in [5.74, 6) is 0.900. The van der Waals surface area contributed by atoms with Crippen molar-refractivity contribution in [3.05, 3.63) is 0 Å². The molecule has 2 unspecified atom stereocenters. The van der Waals surface area contributed by atoms with Crippen LogP contribution in [-0.2, 0) is 9.63 Å². The molecule has 138 valence electrons. The van der Waals surface area contributed by atoms with Crippen molar-refractivity contribution in [2.75, 3.05) is 13.1 Å². The van der Waals surface area contributed by atoms with Gasteiger partial charge in [0.1, 0.15) is 5.60 Å². The number of alkyl halides is 3. The molecule has 0 aromatic carbocycles. The predicted molar refractivity (Wildman–Crippen MR) is 82.6 cm³/mol. The fourth-order valence-corrected chi connectivity index (χ4v) is 3.68. The third-order valence-electron chi connectivity index (χ3n) is 4.97. The molecule has 1 aliphatic carbocycles. The molecule has 0 aromatic heterocycles. The molecule has 8 heteroatoms. The zero-order chi connectivity index (χ0) is 18.3. The summed E-state index contributed by atoms with van der Waals surface area (Å²) < 4.78 is 31.7. The largest absolute Gasteiger partial charge is 0.490 e. The summed E-state index contributed by atoms with van der Waals surface area (Å²) in [6, 6.07) is 0. The SMILES string of the molecule is CC(C)CC1C(C2[C@H]3CNC[C@@H]23)=NOC1(C)C.O=C(O)C(F)(F)F. The molecule has 2 heterocycles. The van der Waals surface area contributed by atoms with Crippen molar-refractivity contribution < 1.29 is 27.9 Å². The molecule has 3 rings (SSSR count). The van der Waals surface area contributed by atoms with Gasteiger partial charge in [0.15, 0.2) is 0 Å². The van der Waals surface area contributed by atoms with Crippen molar-refractivity contribution in [2.45, 2.75) is 45.9 Å². The number of aliphatic carboxylic acids is 1. The number of carboxylic acid groups (broad SMARTS) is 1. The third-order valence-corrected chi connectivity index (χ3v) is 4.97. The molecule has 4 atom stereocenters. The van der Waals surface area contributed by atoms with Crippen molar-refractivity contribution >= 4 is 11.7 Å². The second-order valence-corrected chi connectivity index (χ2v) is 7.71. The van der Waals surface area contributed by atoms with Gasteiger partial charge in [0, 0.05) is 11.8 Å². The Hall–Kier alpha value is -1.31. The molecule has 0 amide bonds. The zero-order valence-corrected chi connectivity index (χ0v) is 14.4. The van der Waals surface area contributed by atoms with E-state index in [2.05, 4.69) is 38.2 Å². The monoisotopic (exact) mass is 350 g/mol. The third kappa shape index (κ3) is 4.02. The Morgan fingerprint density at radius 1 is 1.38 bits per heavy atom. The van der Waals surface area contributed by atoms with Crippen LogP contribution >= 0.6 is 0 Å². The van der Waals surface area contributed by atoms with Crippen LogP contribution in [0.2, 0.25) is 0 Å². The van der Waals surface area contributed by atoms with Gasteiger partial charge in [0.2, 0.25) is 0 Å². The van der Waals surface area contributed by atoms with Crippen LogP contribution in [0, 0.1) is 29.6 Å². The first kappa shape index (κ1) is 19.0. The van der Waals surface area contributed by atoms with Crippen LogP contribution < -0.4 is 5.32 Å². The number of hydrogen-bond acceptors (Lipinski definition) is 4. The Morgan fingerprint density at radius 3 is 2.29 bits per heavy atom. The smallest absolute Gasteiger partial charge is 0.475 e. The van der Waals surface area contributed by atoms with E-state index in [1.807, 2.05) is 0 Å². The highest BCUT2D eigenvalue weighted by Gasteiger charge is 2.59. The maximum Gasteiger partial charge on any atom is 0.490 e. The summed E-state index contributed by atoms with van der Waals surface area (Å²) >= 11 is 0. The Balaban J connectivity index is 0.000000256. The minimum absolute atomic E-state index is 0.0933. The first-order valence-corrected chi connectivity index (χ1v) is 8.22. The van der Waals surface area contributed by atoms with E-state index in [-0.39, 0.29) is 5.60 Å². The quantitative estimate of drug-likeness (QED) is 0.821. The van der Waals surface area contributed by atoms with Gasteiger partial charge in [-0.2, -0.15) is 13.2 Å². The Labute approximate surface area is 139 Å². The van der Waals surface area contributed by atoms with Crippen molar-refractivity contribution in [3.8, 4) is 0 Å². The van der Waals surface area contributed by atoms with E-state index < -0.39 is 12.1 Å². The molecule has 2 aliphatic heterocycles. The second kappa shape index (κ2) is 6.54. The van der Waals surface area contributed by atoms with Gasteiger partial charge in [-0.05, 0) is 51.1 Å². The van der Waals surface area contributed by atoms with Crippen LogP contribution in [0.25, 0.3) is 0 Å². The van der Waals surface area contributed by atoms with Gasteiger partial charge in [-0.25, -0.2) is 4.79 Å². The van der Waals surface area contributed by atoms with Gasteiger partial charge in [0.05, 0.1) is 5.71 Å². The lowest BCUT2D eigenvalue weighted by Crippen LogP contribution is -2.35. The summed E-state index contributed by atoms with van der Waals surface area (Å²) in [4.78, 5) is 14.6. The molecule has 0 radical (unpaired) electrons. The fraction of sp³-hybridized carbons (Fsp3) is 0.875. The summed E-state index contributed by atoms with van der Waals surface area (Å²) in [5, 5.41) is 15.0. The predicted octanol–water partition coefficient (Wildman–Crippen LogP) is 2.91. The number of oxime groups is 1. The number of carbonyl (C=O) groups is 1. The molecular weight excluding hydrogens is 325 g/mol. The Morgan fingerprint density at radius 2 is 1.88 bits per heavy atom. The van der Waals surface area contributed by atoms with E-state index >= 15 is 0 Å². The van der Waals surface area contributed by atoms with Crippen LogP contribution in [0.4, 0.5) is 13.2 Å². The van der Waals surface area contributed by atoms with Crippen LogP contribution in [0.15, 0.2) is 5.16 Å². The lowest BCUT2D eigenvalue weighted by Gasteiger charge is -2.27. The van der Waals surface area contributed by atoms with E-state index in [4.69, 9.17) is 14.7 Å². The molecule has 1 saturated carbocycles. The van der Waals surface area contributed by atoms with E-state index in [1.54, 1.807) is 0 Å². The highest BCUT2D eigenvalue weighted by molar-refractivity contribution is 5.93. The van der Waals surface area contributed by atoms with Gasteiger partial charge >= 0.3 is 12.1 Å². The van der Waals surface area contributed by atoms with Crippen LogP contribution in [0.3, 0.4) is 0 Å². The number of rotatable bonds is 3. The van der Waals surface area contributed by atoms with Gasteiger partial charge in [-0.3, -0.25) is 0 Å². The zero-order valence-electron chi connectivity index (χ0n) is 14.4. The van der Waals surface area contributed by atoms with Gasteiger partial charge < -0.3 is 15.3 Å². The van der Waals surface area contributed by atoms with Crippen LogP contribution in [0.1, 0.15) is 34.1 Å². The van der Waals surface area contributed by atoms with E-state index in [0.29, 0.717) is 11.8 Å². The average Bonchev–Trinajstić information content (AvgIpc) is 2.78. The summed E-state index contributed by atoms with van der Waals surface area (Å²) in [7, 11) is 0. The molecule has 5 nitrogen and oxygen atoms in total. The first-order chi connectivity index (χ1) is 10.9. The van der Waals surface area contributed by atoms with Crippen molar-refractivity contribution in [2.24, 2.45) is 34.7 Å². The summed E-state index contributed by atoms with van der Waals surface area (Å²) in [5.41, 5.74) is 1.28. The minimum Gasteiger partial charge on any atom is -0.475 e. The minimum atomic E-state index is -5.08. The van der Waals surface area contributed by atoms with Crippen molar-refractivity contribution in [3.63, 3.8) is 0 Å². The molecular formula is C16H25F3N2O3. The summed E-state index contributed by atoms with van der Waals surface area (Å²) in [6.45, 7) is 11.3. The molecule has 2 fully saturated rings. The van der Waals surface area contributed by atoms with E-state index in [9.17, 15) is 13.2 Å². The number of hydrogen-bond donors (Lipinski definition) is 2. The fourth-order valence-electron chi connectivity index (χ4n) is 3.68. The van der Waals surface area contributed by atoms with E-state index in [0.717, 1.165) is 17.8 Å². The highest BCUT2D eigenvalue weighted by atomic mass is 19.4. The topological polar surface area (TPSA) is 70.9 Å². The number of nitrogens with one attached hydrogen (secondary N) is 1. The molecule has 1 saturated heterocycles. The average molecular weight is 350 g/mol. The molecule has 3 aliphatic rings. The second-order valence-electron chi connectivity index (χ2n) is 7.71. The van der Waals surface area contributed by atoms with Crippen LogP contribution in [-0.4, -0.2) is 41.7 Å². The number of halogens is 3. The lowest BCUT2D eigenvalue weighted by molar-refractivity contribution is -0.192. The standard InChI is InChI=1S/C14H24N2O.C2HF3O2/c1-8(2)5-11-13(16-17-14(11,3)4)12-9-6-15-7-10(9)12;3-2(4,5)1(6)7/h8-12,15H,5-7H2,1-4H3;(H,6,7)/t9-,10+,11?,12?;. The summed E-state index contributed by atoms with van der Waals surface area (Å²) in [6.07, 6.45) is -3.88. The molecule has 0 spiro atoms. The Kier molecular flexibility index (Phi) is 5.18. The lowest BCUT2D eigenvalue weighted by atomic mass is 9.79. The number of carboxylic acids is 1. The van der Waals surface area contributed by atoms with Gasteiger partial charge in [-0.15, -0.1) is 0 Å². The number of fused-ring (bicyclic) bond motifs is 1. The van der Waals surface area contributed by atoms with Gasteiger partial charge in [-0.1, -0.05) is 19.0 Å². The first-order valence-electron chi connectivity index (χ1n) is 8.22. The molecule has 0 bridgehead atoms.